The smallest absolute Gasteiger partial charge is 0.0491 e. The van der Waals surface area contributed by atoms with E-state index in [9.17, 15) is 0 Å². The van der Waals surface area contributed by atoms with Crippen LogP contribution < -0.4 is 5.32 Å². The highest BCUT2D eigenvalue weighted by Gasteiger charge is 2.30. The fourth-order valence-electron chi connectivity index (χ4n) is 2.43. The maximum Gasteiger partial charge on any atom is 0.0491 e. The number of hydrogen-bond donors (Lipinski definition) is 1. The lowest BCUT2D eigenvalue weighted by molar-refractivity contribution is 0.277. The SMILES string of the molecule is CCCCCCN1CNC2C=CC=CC21. The Morgan fingerprint density at radius 1 is 1.20 bits per heavy atom. The summed E-state index contributed by atoms with van der Waals surface area (Å²) in [6.07, 6.45) is 14.3. The lowest BCUT2D eigenvalue weighted by atomic mass is 10.0. The van der Waals surface area contributed by atoms with Gasteiger partial charge in [-0.2, -0.15) is 0 Å². The van der Waals surface area contributed by atoms with Crippen molar-refractivity contribution in [2.24, 2.45) is 0 Å². The van der Waals surface area contributed by atoms with Crippen LogP contribution in [0.2, 0.25) is 0 Å². The summed E-state index contributed by atoms with van der Waals surface area (Å²) in [7, 11) is 0. The van der Waals surface area contributed by atoms with Gasteiger partial charge in [-0.1, -0.05) is 50.5 Å². The molecule has 2 heteroatoms. The van der Waals surface area contributed by atoms with Gasteiger partial charge in [0.25, 0.3) is 0 Å². The Labute approximate surface area is 93.0 Å². The molecule has 2 unspecified atom stereocenters. The van der Waals surface area contributed by atoms with E-state index in [0.717, 1.165) is 6.67 Å². The van der Waals surface area contributed by atoms with E-state index in [4.69, 9.17) is 0 Å². The summed E-state index contributed by atoms with van der Waals surface area (Å²) in [6.45, 7) is 4.56. The molecule has 1 aliphatic carbocycles. The van der Waals surface area contributed by atoms with E-state index in [-0.39, 0.29) is 0 Å². The second-order valence-electron chi connectivity index (χ2n) is 4.52. The number of nitrogens with zero attached hydrogens (tertiary/aromatic N) is 1. The van der Waals surface area contributed by atoms with Gasteiger partial charge in [-0.3, -0.25) is 10.2 Å². The van der Waals surface area contributed by atoms with E-state index in [2.05, 4.69) is 41.4 Å². The van der Waals surface area contributed by atoms with E-state index in [1.54, 1.807) is 0 Å². The Hall–Kier alpha value is -0.600. The molecule has 84 valence electrons. The van der Waals surface area contributed by atoms with Gasteiger partial charge in [-0.15, -0.1) is 0 Å². The summed E-state index contributed by atoms with van der Waals surface area (Å²) >= 11 is 0. The average molecular weight is 206 g/mol. The molecular formula is C13H22N2. The zero-order chi connectivity index (χ0) is 10.5. The van der Waals surface area contributed by atoms with Crippen molar-refractivity contribution in [3.63, 3.8) is 0 Å². The molecule has 1 fully saturated rings. The number of hydrogen-bond acceptors (Lipinski definition) is 2. The Morgan fingerprint density at radius 3 is 2.93 bits per heavy atom. The standard InChI is InChI=1S/C13H22N2/c1-2-3-4-7-10-15-11-14-12-8-5-6-9-13(12)15/h5-6,8-9,12-14H,2-4,7,10-11H2,1H3. The third-order valence-electron chi connectivity index (χ3n) is 3.36. The molecule has 0 saturated carbocycles. The summed E-state index contributed by atoms with van der Waals surface area (Å²) < 4.78 is 0. The lowest BCUT2D eigenvalue weighted by Gasteiger charge is -2.24. The van der Waals surface area contributed by atoms with E-state index in [1.807, 2.05) is 0 Å². The summed E-state index contributed by atoms with van der Waals surface area (Å²) in [5.74, 6) is 0. The number of unbranched alkanes of at least 4 members (excludes halogenated alkanes) is 3. The third kappa shape index (κ3) is 2.70. The molecule has 0 spiro atoms. The maximum atomic E-state index is 3.54. The molecule has 0 aromatic carbocycles. The van der Waals surface area contributed by atoms with Crippen molar-refractivity contribution >= 4 is 0 Å². The Kier molecular flexibility index (Phi) is 3.98. The third-order valence-corrected chi connectivity index (χ3v) is 3.36. The van der Waals surface area contributed by atoms with Crippen molar-refractivity contribution in [2.75, 3.05) is 13.2 Å². The van der Waals surface area contributed by atoms with Crippen LogP contribution in [0.25, 0.3) is 0 Å². The molecule has 1 aliphatic heterocycles. The molecule has 0 bridgehead atoms. The van der Waals surface area contributed by atoms with E-state index in [0.29, 0.717) is 12.1 Å². The van der Waals surface area contributed by atoms with Gasteiger partial charge >= 0.3 is 0 Å². The second-order valence-corrected chi connectivity index (χ2v) is 4.52. The molecule has 1 heterocycles. The summed E-state index contributed by atoms with van der Waals surface area (Å²) in [5, 5.41) is 3.54. The summed E-state index contributed by atoms with van der Waals surface area (Å²) in [6, 6.07) is 1.16. The highest BCUT2D eigenvalue weighted by molar-refractivity contribution is 5.22. The van der Waals surface area contributed by atoms with Crippen LogP contribution in [-0.4, -0.2) is 30.2 Å². The highest BCUT2D eigenvalue weighted by Crippen LogP contribution is 2.18. The van der Waals surface area contributed by atoms with Crippen molar-refractivity contribution in [1.82, 2.24) is 10.2 Å². The van der Waals surface area contributed by atoms with Crippen molar-refractivity contribution in [1.29, 1.82) is 0 Å². The number of allylic oxidation sites excluding steroid dienone is 2. The minimum Gasteiger partial charge on any atom is -0.296 e. The molecule has 1 N–H and O–H groups in total. The van der Waals surface area contributed by atoms with Gasteiger partial charge in [0.05, 0.1) is 0 Å². The van der Waals surface area contributed by atoms with Gasteiger partial charge in [-0.05, 0) is 6.42 Å². The van der Waals surface area contributed by atoms with E-state index in [1.165, 1.54) is 32.2 Å². The first kappa shape index (κ1) is 10.9. The van der Waals surface area contributed by atoms with Crippen LogP contribution in [0.15, 0.2) is 24.3 Å². The predicted molar refractivity (Wildman–Crippen MR) is 64.7 cm³/mol. The predicted octanol–water partition coefficient (Wildman–Crippen LogP) is 2.29. The van der Waals surface area contributed by atoms with Crippen molar-refractivity contribution in [3.05, 3.63) is 24.3 Å². The summed E-state index contributed by atoms with van der Waals surface area (Å²) in [5.41, 5.74) is 0. The monoisotopic (exact) mass is 206 g/mol. The molecule has 2 atom stereocenters. The molecule has 0 amide bonds. The number of fused-ring (bicyclic) bond motifs is 1. The minimum atomic E-state index is 0.557. The van der Waals surface area contributed by atoms with Crippen molar-refractivity contribution < 1.29 is 0 Å². The van der Waals surface area contributed by atoms with Crippen LogP contribution in [0.3, 0.4) is 0 Å². The van der Waals surface area contributed by atoms with Crippen LogP contribution in [0.5, 0.6) is 0 Å². The van der Waals surface area contributed by atoms with Crippen LogP contribution in [0.4, 0.5) is 0 Å². The first-order valence-corrected chi connectivity index (χ1v) is 6.24. The Balaban J connectivity index is 1.74. The number of nitrogens with one attached hydrogen (secondary N) is 1. The summed E-state index contributed by atoms with van der Waals surface area (Å²) in [4.78, 5) is 2.56. The van der Waals surface area contributed by atoms with Crippen LogP contribution in [0.1, 0.15) is 32.6 Å². The fourth-order valence-corrected chi connectivity index (χ4v) is 2.43. The van der Waals surface area contributed by atoms with Crippen molar-refractivity contribution in [3.8, 4) is 0 Å². The zero-order valence-corrected chi connectivity index (χ0v) is 9.65. The quantitative estimate of drug-likeness (QED) is 0.694. The Morgan fingerprint density at radius 2 is 2.07 bits per heavy atom. The van der Waals surface area contributed by atoms with Gasteiger partial charge in [0.15, 0.2) is 0 Å². The van der Waals surface area contributed by atoms with Crippen LogP contribution in [0, 0.1) is 0 Å². The van der Waals surface area contributed by atoms with Crippen LogP contribution >= 0.6 is 0 Å². The highest BCUT2D eigenvalue weighted by atomic mass is 15.3. The maximum absolute atomic E-state index is 3.54. The molecular weight excluding hydrogens is 184 g/mol. The van der Waals surface area contributed by atoms with E-state index >= 15 is 0 Å². The van der Waals surface area contributed by atoms with E-state index < -0.39 is 0 Å². The first-order valence-electron chi connectivity index (χ1n) is 6.24. The largest absolute Gasteiger partial charge is 0.296 e. The average Bonchev–Trinajstić information content (AvgIpc) is 2.68. The van der Waals surface area contributed by atoms with Gasteiger partial charge < -0.3 is 0 Å². The second kappa shape index (κ2) is 5.47. The molecule has 2 nitrogen and oxygen atoms in total. The molecule has 0 aromatic heterocycles. The topological polar surface area (TPSA) is 15.3 Å². The minimum absolute atomic E-state index is 0.557. The normalized spacial score (nSPS) is 29.7. The molecule has 2 rings (SSSR count). The van der Waals surface area contributed by atoms with Crippen LogP contribution in [-0.2, 0) is 0 Å². The van der Waals surface area contributed by atoms with Gasteiger partial charge in [0, 0.05) is 25.3 Å². The lowest BCUT2D eigenvalue weighted by Crippen LogP contribution is -2.34. The molecule has 0 aromatic rings. The molecule has 15 heavy (non-hydrogen) atoms. The first-order chi connectivity index (χ1) is 7.42. The zero-order valence-electron chi connectivity index (χ0n) is 9.65. The molecule has 0 radical (unpaired) electrons. The number of rotatable bonds is 5. The van der Waals surface area contributed by atoms with Crippen molar-refractivity contribution in [2.45, 2.75) is 44.7 Å². The van der Waals surface area contributed by atoms with Gasteiger partial charge in [0.2, 0.25) is 0 Å². The molecule has 2 aliphatic rings. The van der Waals surface area contributed by atoms with Gasteiger partial charge in [-0.25, -0.2) is 0 Å². The van der Waals surface area contributed by atoms with Gasteiger partial charge in [0.1, 0.15) is 0 Å². The fraction of sp³-hybridized carbons (Fsp3) is 0.692. The Bertz CT molecular complexity index is 245. The molecule has 1 saturated heterocycles.